The minimum Gasteiger partial charge on any atom is -0.382 e. The predicted molar refractivity (Wildman–Crippen MR) is 118 cm³/mol. The summed E-state index contributed by atoms with van der Waals surface area (Å²) in [6.07, 6.45) is 8.15. The molecule has 1 fully saturated rings. The van der Waals surface area contributed by atoms with Gasteiger partial charge >= 0.3 is 0 Å². The molecular formula is C22H37N5O2. The van der Waals surface area contributed by atoms with Crippen molar-refractivity contribution in [1.29, 1.82) is 0 Å². The molecule has 1 aliphatic carbocycles. The fourth-order valence-electron chi connectivity index (χ4n) is 3.68. The van der Waals surface area contributed by atoms with E-state index in [0.29, 0.717) is 18.8 Å². The lowest BCUT2D eigenvalue weighted by molar-refractivity contribution is -0.116. The molecule has 1 aromatic rings. The number of pyridine rings is 1. The Kier molecular flexibility index (Phi) is 9.91. The molecule has 1 heterocycles. The molecule has 29 heavy (non-hydrogen) atoms. The van der Waals surface area contributed by atoms with Crippen LogP contribution in [-0.2, 0) is 9.53 Å². The van der Waals surface area contributed by atoms with E-state index in [0.717, 1.165) is 44.2 Å². The molecular weight excluding hydrogens is 366 g/mol. The van der Waals surface area contributed by atoms with Crippen LogP contribution in [0.2, 0.25) is 0 Å². The zero-order valence-electron chi connectivity index (χ0n) is 18.2. The van der Waals surface area contributed by atoms with Crippen molar-refractivity contribution in [2.45, 2.75) is 59.3 Å². The van der Waals surface area contributed by atoms with Gasteiger partial charge < -0.3 is 20.7 Å². The number of rotatable bonds is 11. The molecule has 0 aromatic carbocycles. The number of ether oxygens (including phenoxy) is 1. The smallest absolute Gasteiger partial charge is 0.227 e. The van der Waals surface area contributed by atoms with Crippen molar-refractivity contribution in [3.05, 3.63) is 23.9 Å². The average molecular weight is 404 g/mol. The van der Waals surface area contributed by atoms with Crippen molar-refractivity contribution in [2.75, 3.05) is 38.2 Å². The van der Waals surface area contributed by atoms with Crippen molar-refractivity contribution in [1.82, 2.24) is 15.6 Å². The highest BCUT2D eigenvalue weighted by Gasteiger charge is 2.33. The largest absolute Gasteiger partial charge is 0.382 e. The molecule has 162 valence electrons. The molecule has 0 radical (unpaired) electrons. The Morgan fingerprint density at radius 1 is 1.24 bits per heavy atom. The SMILES string of the molecule is CCNC(=NCC1(CCOCC)CCCC1)NCCC(=O)Nc1ccc(C)cn1. The molecule has 0 spiro atoms. The first-order valence-corrected chi connectivity index (χ1v) is 10.9. The van der Waals surface area contributed by atoms with Crippen molar-refractivity contribution in [2.24, 2.45) is 10.4 Å². The predicted octanol–water partition coefficient (Wildman–Crippen LogP) is 3.26. The highest BCUT2D eigenvalue weighted by Crippen LogP contribution is 2.41. The number of hydrogen-bond donors (Lipinski definition) is 3. The molecule has 1 saturated carbocycles. The molecule has 1 aromatic heterocycles. The molecule has 0 unspecified atom stereocenters. The van der Waals surface area contributed by atoms with Gasteiger partial charge in [0.25, 0.3) is 0 Å². The number of guanidine groups is 1. The van der Waals surface area contributed by atoms with Crippen molar-refractivity contribution < 1.29 is 9.53 Å². The Hall–Kier alpha value is -2.15. The van der Waals surface area contributed by atoms with Crippen molar-refractivity contribution in [3.63, 3.8) is 0 Å². The summed E-state index contributed by atoms with van der Waals surface area (Å²) in [6, 6.07) is 3.75. The Morgan fingerprint density at radius 3 is 2.69 bits per heavy atom. The molecule has 1 amide bonds. The first kappa shape index (κ1) is 23.1. The average Bonchev–Trinajstić information content (AvgIpc) is 3.17. The van der Waals surface area contributed by atoms with Crippen LogP contribution in [0.5, 0.6) is 0 Å². The summed E-state index contributed by atoms with van der Waals surface area (Å²) in [5.74, 6) is 1.30. The van der Waals surface area contributed by atoms with E-state index in [-0.39, 0.29) is 11.3 Å². The molecule has 0 saturated heterocycles. The van der Waals surface area contributed by atoms with Gasteiger partial charge in [-0.25, -0.2) is 4.98 Å². The fourth-order valence-corrected chi connectivity index (χ4v) is 3.68. The minimum absolute atomic E-state index is 0.0614. The number of amides is 1. The summed E-state index contributed by atoms with van der Waals surface area (Å²) in [7, 11) is 0. The van der Waals surface area contributed by atoms with Gasteiger partial charge in [-0.3, -0.25) is 9.79 Å². The Bertz CT molecular complexity index is 639. The van der Waals surface area contributed by atoms with Crippen LogP contribution in [-0.4, -0.2) is 49.7 Å². The quantitative estimate of drug-likeness (QED) is 0.300. The van der Waals surface area contributed by atoms with Gasteiger partial charge in [0.2, 0.25) is 5.91 Å². The molecule has 7 nitrogen and oxygen atoms in total. The third-order valence-corrected chi connectivity index (χ3v) is 5.39. The van der Waals surface area contributed by atoms with E-state index in [1.54, 1.807) is 6.20 Å². The first-order valence-electron chi connectivity index (χ1n) is 10.9. The van der Waals surface area contributed by atoms with E-state index < -0.39 is 0 Å². The van der Waals surface area contributed by atoms with Crippen LogP contribution in [0.25, 0.3) is 0 Å². The van der Waals surface area contributed by atoms with E-state index in [1.165, 1.54) is 25.7 Å². The summed E-state index contributed by atoms with van der Waals surface area (Å²) in [6.45, 7) is 9.75. The van der Waals surface area contributed by atoms with Gasteiger partial charge in [-0.15, -0.1) is 0 Å². The maximum absolute atomic E-state index is 12.1. The zero-order chi connectivity index (χ0) is 21.0. The van der Waals surface area contributed by atoms with Crippen LogP contribution in [0.4, 0.5) is 5.82 Å². The zero-order valence-corrected chi connectivity index (χ0v) is 18.2. The first-order chi connectivity index (χ1) is 14.1. The number of nitrogens with zero attached hydrogens (tertiary/aromatic N) is 2. The van der Waals surface area contributed by atoms with E-state index >= 15 is 0 Å². The Morgan fingerprint density at radius 2 is 2.03 bits per heavy atom. The molecule has 3 N–H and O–H groups in total. The third-order valence-electron chi connectivity index (χ3n) is 5.39. The van der Waals surface area contributed by atoms with Gasteiger partial charge in [-0.1, -0.05) is 18.9 Å². The van der Waals surface area contributed by atoms with Crippen LogP contribution in [0.3, 0.4) is 0 Å². The maximum atomic E-state index is 12.1. The van der Waals surface area contributed by atoms with Crippen molar-refractivity contribution >= 4 is 17.7 Å². The summed E-state index contributed by atoms with van der Waals surface area (Å²) in [5.41, 5.74) is 1.32. The van der Waals surface area contributed by atoms with E-state index in [9.17, 15) is 4.79 Å². The van der Waals surface area contributed by atoms with Crippen LogP contribution in [0.15, 0.2) is 23.3 Å². The van der Waals surface area contributed by atoms with Crippen LogP contribution in [0.1, 0.15) is 57.9 Å². The molecule has 7 heteroatoms. The normalized spacial score (nSPS) is 15.9. The minimum atomic E-state index is -0.0614. The van der Waals surface area contributed by atoms with Gasteiger partial charge in [0.05, 0.1) is 0 Å². The van der Waals surface area contributed by atoms with Crippen molar-refractivity contribution in [3.8, 4) is 0 Å². The molecule has 0 bridgehead atoms. The summed E-state index contributed by atoms with van der Waals surface area (Å²) in [4.78, 5) is 21.2. The molecule has 0 aliphatic heterocycles. The molecule has 1 aliphatic rings. The summed E-state index contributed by atoms with van der Waals surface area (Å²) < 4.78 is 5.59. The monoisotopic (exact) mass is 403 g/mol. The summed E-state index contributed by atoms with van der Waals surface area (Å²) in [5, 5.41) is 9.39. The van der Waals surface area contributed by atoms with E-state index in [1.807, 2.05) is 32.9 Å². The van der Waals surface area contributed by atoms with Crippen LogP contribution >= 0.6 is 0 Å². The Balaban J connectivity index is 1.81. The number of aryl methyl sites for hydroxylation is 1. The second-order valence-electron chi connectivity index (χ2n) is 7.79. The van der Waals surface area contributed by atoms with E-state index in [4.69, 9.17) is 9.73 Å². The number of carbonyl (C=O) groups excluding carboxylic acids is 1. The Labute approximate surface area is 175 Å². The number of aromatic nitrogens is 1. The number of hydrogen-bond acceptors (Lipinski definition) is 4. The second kappa shape index (κ2) is 12.4. The highest BCUT2D eigenvalue weighted by molar-refractivity contribution is 5.90. The van der Waals surface area contributed by atoms with Crippen LogP contribution in [0, 0.1) is 12.3 Å². The lowest BCUT2D eigenvalue weighted by Gasteiger charge is -2.27. The van der Waals surface area contributed by atoms with Gasteiger partial charge in [0.15, 0.2) is 5.96 Å². The molecule has 2 rings (SSSR count). The topological polar surface area (TPSA) is 87.6 Å². The third kappa shape index (κ3) is 8.40. The number of carbonyl (C=O) groups is 1. The second-order valence-corrected chi connectivity index (χ2v) is 7.79. The van der Waals surface area contributed by atoms with Crippen LogP contribution < -0.4 is 16.0 Å². The van der Waals surface area contributed by atoms with Gasteiger partial charge in [0, 0.05) is 45.5 Å². The molecule has 0 atom stereocenters. The lowest BCUT2D eigenvalue weighted by atomic mass is 9.83. The maximum Gasteiger partial charge on any atom is 0.227 e. The lowest BCUT2D eigenvalue weighted by Crippen LogP contribution is -2.39. The van der Waals surface area contributed by atoms with Gasteiger partial charge in [0.1, 0.15) is 5.82 Å². The number of nitrogens with one attached hydrogen (secondary N) is 3. The van der Waals surface area contributed by atoms with E-state index in [2.05, 4.69) is 20.9 Å². The number of anilines is 1. The van der Waals surface area contributed by atoms with Gasteiger partial charge in [-0.05, 0) is 57.1 Å². The van der Waals surface area contributed by atoms with Gasteiger partial charge in [-0.2, -0.15) is 0 Å². The fraction of sp³-hybridized carbons (Fsp3) is 0.682. The number of aliphatic imine (C=N–C) groups is 1. The highest BCUT2D eigenvalue weighted by atomic mass is 16.5. The summed E-state index contributed by atoms with van der Waals surface area (Å²) >= 11 is 0. The standard InChI is InChI=1S/C22H37N5O2/c1-4-23-21(26-17-22(11-6-7-12-22)13-15-29-5-2)24-14-10-20(28)27-19-9-8-18(3)16-25-19/h8-9,16H,4-7,10-15,17H2,1-3H3,(H2,23,24,26)(H,25,27,28).